The van der Waals surface area contributed by atoms with Gasteiger partial charge in [-0.25, -0.2) is 0 Å². The average Bonchev–Trinajstić information content (AvgIpc) is 2.60. The van der Waals surface area contributed by atoms with E-state index in [4.69, 9.17) is 0 Å². The highest BCUT2D eigenvalue weighted by atomic mass is 16.3. The predicted molar refractivity (Wildman–Crippen MR) is 89.7 cm³/mol. The molecule has 1 amide bonds. The van der Waals surface area contributed by atoms with Crippen molar-refractivity contribution in [3.8, 4) is 0 Å². The first-order chi connectivity index (χ1) is 11.1. The van der Waals surface area contributed by atoms with Gasteiger partial charge in [-0.1, -0.05) is 36.4 Å². The molecule has 0 saturated carbocycles. The van der Waals surface area contributed by atoms with Gasteiger partial charge in [0.05, 0.1) is 6.61 Å². The number of carbonyl (C=O) groups excluding carboxylic acids is 1. The molecule has 0 fully saturated rings. The number of rotatable bonds is 3. The van der Waals surface area contributed by atoms with Gasteiger partial charge in [0, 0.05) is 29.2 Å². The maximum absolute atomic E-state index is 12.8. The van der Waals surface area contributed by atoms with Crippen molar-refractivity contribution in [1.82, 2.24) is 4.98 Å². The number of nitrogens with one attached hydrogen (secondary N) is 1. The minimum atomic E-state index is -0.500. The van der Waals surface area contributed by atoms with Crippen LogP contribution in [-0.2, 0) is 6.61 Å². The monoisotopic (exact) mass is 308 g/mol. The summed E-state index contributed by atoms with van der Waals surface area (Å²) < 4.78 is 0. The minimum Gasteiger partial charge on any atom is -0.392 e. The molecule has 1 aromatic heterocycles. The fraction of sp³-hybridized carbons (Fsp3) is 0.111. The number of hydrogen-bond donors (Lipinski definition) is 2. The fourth-order valence-corrected chi connectivity index (χ4v) is 2.64. The molecule has 0 radical (unpaired) electrons. The molecule has 0 atom stereocenters. The largest absolute Gasteiger partial charge is 0.392 e. The number of para-hydroxylation sites is 2. The van der Waals surface area contributed by atoms with Crippen molar-refractivity contribution in [3.63, 3.8) is 0 Å². The minimum absolute atomic E-state index is 0.0300. The molecule has 0 aliphatic rings. The molecule has 23 heavy (non-hydrogen) atoms. The van der Waals surface area contributed by atoms with Crippen LogP contribution in [0.3, 0.4) is 0 Å². The lowest BCUT2D eigenvalue weighted by Crippen LogP contribution is -2.33. The van der Waals surface area contributed by atoms with E-state index in [0.717, 1.165) is 0 Å². The van der Waals surface area contributed by atoms with Gasteiger partial charge >= 0.3 is 0 Å². The van der Waals surface area contributed by atoms with E-state index >= 15 is 0 Å². The first kappa shape index (κ1) is 15.0. The van der Waals surface area contributed by atoms with E-state index in [-0.39, 0.29) is 12.2 Å². The summed E-state index contributed by atoms with van der Waals surface area (Å²) in [5.41, 5.74) is 1.09. The Morgan fingerprint density at radius 3 is 2.43 bits per heavy atom. The van der Waals surface area contributed by atoms with E-state index in [1.54, 1.807) is 43.4 Å². The van der Waals surface area contributed by atoms with Crippen molar-refractivity contribution in [2.45, 2.75) is 6.61 Å². The predicted octanol–water partition coefficient (Wildman–Crippen LogP) is 2.30. The maximum Gasteiger partial charge on any atom is 0.264 e. The summed E-state index contributed by atoms with van der Waals surface area (Å²) in [5, 5.41) is 10.4. The summed E-state index contributed by atoms with van der Waals surface area (Å²) in [5.74, 6) is -0.452. The lowest BCUT2D eigenvalue weighted by molar-refractivity contribution is 0.0988. The second kappa shape index (κ2) is 6.06. The number of amides is 1. The van der Waals surface area contributed by atoms with Crippen molar-refractivity contribution in [1.29, 1.82) is 0 Å². The Bertz CT molecular complexity index is 916. The number of nitrogens with zero attached hydrogens (tertiary/aromatic N) is 1. The van der Waals surface area contributed by atoms with Gasteiger partial charge in [0.1, 0.15) is 5.56 Å². The fourth-order valence-electron chi connectivity index (χ4n) is 2.64. The Morgan fingerprint density at radius 1 is 1.09 bits per heavy atom. The molecule has 0 aliphatic carbocycles. The second-order valence-corrected chi connectivity index (χ2v) is 5.21. The van der Waals surface area contributed by atoms with Crippen molar-refractivity contribution in [2.75, 3.05) is 11.9 Å². The van der Waals surface area contributed by atoms with Crippen LogP contribution in [0.1, 0.15) is 15.9 Å². The van der Waals surface area contributed by atoms with Crippen LogP contribution in [-0.4, -0.2) is 23.0 Å². The summed E-state index contributed by atoms with van der Waals surface area (Å²) in [6.07, 6.45) is 0. The Morgan fingerprint density at radius 2 is 1.74 bits per heavy atom. The molecule has 5 nitrogen and oxygen atoms in total. The summed E-state index contributed by atoms with van der Waals surface area (Å²) in [6.45, 7) is -0.381. The van der Waals surface area contributed by atoms with Crippen LogP contribution in [0, 0.1) is 0 Å². The SMILES string of the molecule is CN(C(=O)c1c(CO)c2ccccc2[nH]c1=O)c1ccccc1. The van der Waals surface area contributed by atoms with E-state index in [9.17, 15) is 14.7 Å². The van der Waals surface area contributed by atoms with Crippen LogP contribution in [0.4, 0.5) is 5.69 Å². The summed E-state index contributed by atoms with van der Waals surface area (Å²) >= 11 is 0. The first-order valence-corrected chi connectivity index (χ1v) is 7.21. The zero-order chi connectivity index (χ0) is 16.4. The number of benzene rings is 2. The third-order valence-electron chi connectivity index (χ3n) is 3.85. The van der Waals surface area contributed by atoms with Gasteiger partial charge in [0.25, 0.3) is 11.5 Å². The van der Waals surface area contributed by atoms with E-state index in [0.29, 0.717) is 22.2 Å². The van der Waals surface area contributed by atoms with Gasteiger partial charge in [-0.3, -0.25) is 9.59 Å². The molecular formula is C18H16N2O3. The van der Waals surface area contributed by atoms with Crippen LogP contribution in [0.5, 0.6) is 0 Å². The average molecular weight is 308 g/mol. The summed E-state index contributed by atoms with van der Waals surface area (Å²) in [4.78, 5) is 29.3. The number of hydrogen-bond acceptors (Lipinski definition) is 3. The van der Waals surface area contributed by atoms with E-state index < -0.39 is 11.5 Å². The summed E-state index contributed by atoms with van der Waals surface area (Å²) in [7, 11) is 1.60. The van der Waals surface area contributed by atoms with Crippen molar-refractivity contribution < 1.29 is 9.90 Å². The molecule has 5 heteroatoms. The number of aromatic nitrogens is 1. The molecule has 0 aliphatic heterocycles. The van der Waals surface area contributed by atoms with Gasteiger partial charge in [0.2, 0.25) is 0 Å². The van der Waals surface area contributed by atoms with Crippen molar-refractivity contribution in [2.24, 2.45) is 0 Å². The quantitative estimate of drug-likeness (QED) is 0.779. The van der Waals surface area contributed by atoms with E-state index in [1.807, 2.05) is 18.2 Å². The standard InChI is InChI=1S/C18H16N2O3/c1-20(12-7-3-2-4-8-12)18(23)16-14(11-21)13-9-5-6-10-15(13)19-17(16)22/h2-10,21H,11H2,1H3,(H,19,22). The number of aromatic amines is 1. The molecular weight excluding hydrogens is 292 g/mol. The number of fused-ring (bicyclic) bond motifs is 1. The van der Waals surface area contributed by atoms with Crippen LogP contribution in [0.2, 0.25) is 0 Å². The smallest absolute Gasteiger partial charge is 0.264 e. The summed E-state index contributed by atoms with van der Waals surface area (Å²) in [6, 6.07) is 16.2. The molecule has 3 aromatic rings. The van der Waals surface area contributed by atoms with Gasteiger partial charge in [0.15, 0.2) is 0 Å². The Kier molecular flexibility index (Phi) is 3.95. The number of H-pyrrole nitrogens is 1. The molecule has 1 heterocycles. The Balaban J connectivity index is 2.17. The number of aliphatic hydroxyl groups is 1. The Labute approximate surface area is 132 Å². The highest BCUT2D eigenvalue weighted by molar-refractivity contribution is 6.08. The highest BCUT2D eigenvalue weighted by Gasteiger charge is 2.22. The van der Waals surface area contributed by atoms with Gasteiger partial charge in [-0.05, 0) is 18.2 Å². The normalized spacial score (nSPS) is 10.7. The van der Waals surface area contributed by atoms with Crippen LogP contribution in [0.25, 0.3) is 10.9 Å². The molecule has 0 spiro atoms. The van der Waals surface area contributed by atoms with Gasteiger partial charge in [-0.2, -0.15) is 0 Å². The molecule has 0 saturated heterocycles. The third-order valence-corrected chi connectivity index (χ3v) is 3.85. The number of pyridine rings is 1. The molecule has 2 N–H and O–H groups in total. The van der Waals surface area contributed by atoms with Crippen molar-refractivity contribution in [3.05, 3.63) is 76.1 Å². The first-order valence-electron chi connectivity index (χ1n) is 7.21. The van der Waals surface area contributed by atoms with Gasteiger partial charge < -0.3 is 15.0 Å². The van der Waals surface area contributed by atoms with Crippen LogP contribution in [0.15, 0.2) is 59.4 Å². The zero-order valence-corrected chi connectivity index (χ0v) is 12.6. The Hall–Kier alpha value is -2.92. The maximum atomic E-state index is 12.8. The topological polar surface area (TPSA) is 73.4 Å². The molecule has 116 valence electrons. The van der Waals surface area contributed by atoms with Crippen molar-refractivity contribution >= 4 is 22.5 Å². The molecule has 0 unspecified atom stereocenters. The van der Waals surface area contributed by atoms with Gasteiger partial charge in [-0.15, -0.1) is 0 Å². The van der Waals surface area contributed by atoms with E-state index in [2.05, 4.69) is 4.98 Å². The highest BCUT2D eigenvalue weighted by Crippen LogP contribution is 2.21. The third kappa shape index (κ3) is 2.62. The van der Waals surface area contributed by atoms with Crippen LogP contribution < -0.4 is 10.5 Å². The molecule has 3 rings (SSSR count). The lowest BCUT2D eigenvalue weighted by Gasteiger charge is -2.19. The number of anilines is 1. The zero-order valence-electron chi connectivity index (χ0n) is 12.6. The lowest BCUT2D eigenvalue weighted by atomic mass is 10.0. The molecule has 0 bridgehead atoms. The molecule has 2 aromatic carbocycles. The van der Waals surface area contributed by atoms with Crippen LogP contribution >= 0.6 is 0 Å². The number of carbonyl (C=O) groups is 1. The van der Waals surface area contributed by atoms with E-state index in [1.165, 1.54) is 4.90 Å². The number of aliphatic hydroxyl groups excluding tert-OH is 1. The second-order valence-electron chi connectivity index (χ2n) is 5.21.